The van der Waals surface area contributed by atoms with Crippen molar-refractivity contribution < 1.29 is 4.79 Å². The van der Waals surface area contributed by atoms with Crippen LogP contribution in [0.4, 0.5) is 0 Å². The van der Waals surface area contributed by atoms with E-state index in [9.17, 15) is 4.79 Å². The Morgan fingerprint density at radius 1 is 1.09 bits per heavy atom. The van der Waals surface area contributed by atoms with Crippen LogP contribution in [-0.4, -0.2) is 12.5 Å². The molecule has 3 rings (SSSR count). The number of rotatable bonds is 5. The molecule has 2 aromatic carbocycles. The normalized spacial score (nSPS) is 20.4. The summed E-state index contributed by atoms with van der Waals surface area (Å²) in [6.45, 7) is 3.35. The first-order valence-electron chi connectivity index (χ1n) is 8.17. The van der Waals surface area contributed by atoms with Gasteiger partial charge in [0.05, 0.1) is 12.0 Å². The van der Waals surface area contributed by atoms with Crippen LogP contribution in [0.25, 0.3) is 0 Å². The summed E-state index contributed by atoms with van der Waals surface area (Å²) in [5, 5.41) is 3.04. The molecule has 2 atom stereocenters. The van der Waals surface area contributed by atoms with E-state index in [2.05, 4.69) is 47.4 Å². The molecule has 3 N–H and O–H groups in total. The van der Waals surface area contributed by atoms with E-state index < -0.39 is 0 Å². The molecule has 1 amide bonds. The van der Waals surface area contributed by atoms with Gasteiger partial charge in [0.1, 0.15) is 0 Å². The SMILES string of the molecule is CCc1ccc(C2NNCC2C(=O)NCc2ccccc2)cc1. The Bertz CT molecular complexity index is 639. The van der Waals surface area contributed by atoms with Gasteiger partial charge in [-0.15, -0.1) is 0 Å². The van der Waals surface area contributed by atoms with Gasteiger partial charge in [-0.1, -0.05) is 61.5 Å². The van der Waals surface area contributed by atoms with Crippen molar-refractivity contribution in [3.05, 3.63) is 71.3 Å². The van der Waals surface area contributed by atoms with E-state index in [1.54, 1.807) is 0 Å². The largest absolute Gasteiger partial charge is 0.352 e. The molecule has 1 fully saturated rings. The summed E-state index contributed by atoms with van der Waals surface area (Å²) in [6.07, 6.45) is 1.03. The van der Waals surface area contributed by atoms with Crippen LogP contribution in [0.3, 0.4) is 0 Å². The highest BCUT2D eigenvalue weighted by Crippen LogP contribution is 2.25. The van der Waals surface area contributed by atoms with Crippen molar-refractivity contribution in [1.82, 2.24) is 16.2 Å². The highest BCUT2D eigenvalue weighted by molar-refractivity contribution is 5.80. The average Bonchev–Trinajstić information content (AvgIpc) is 3.10. The summed E-state index contributed by atoms with van der Waals surface area (Å²) in [6, 6.07) is 18.5. The van der Waals surface area contributed by atoms with Crippen LogP contribution in [0.5, 0.6) is 0 Å². The molecule has 0 radical (unpaired) electrons. The third kappa shape index (κ3) is 3.78. The second-order valence-corrected chi connectivity index (χ2v) is 5.91. The van der Waals surface area contributed by atoms with Gasteiger partial charge in [-0.05, 0) is 23.1 Å². The van der Waals surface area contributed by atoms with Gasteiger partial charge in [-0.25, -0.2) is 5.43 Å². The Labute approximate surface area is 137 Å². The number of hydrazine groups is 1. The van der Waals surface area contributed by atoms with Crippen molar-refractivity contribution in [3.63, 3.8) is 0 Å². The number of hydrogen-bond donors (Lipinski definition) is 3. The molecule has 23 heavy (non-hydrogen) atoms. The monoisotopic (exact) mass is 309 g/mol. The molecule has 2 aromatic rings. The van der Waals surface area contributed by atoms with E-state index in [4.69, 9.17) is 0 Å². The number of carbonyl (C=O) groups is 1. The third-order valence-corrected chi connectivity index (χ3v) is 4.38. The van der Waals surface area contributed by atoms with E-state index in [-0.39, 0.29) is 17.9 Å². The second-order valence-electron chi connectivity index (χ2n) is 5.91. The summed E-state index contributed by atoms with van der Waals surface area (Å²) in [7, 11) is 0. The van der Waals surface area contributed by atoms with Gasteiger partial charge in [-0.3, -0.25) is 10.2 Å². The maximum absolute atomic E-state index is 12.5. The van der Waals surface area contributed by atoms with Crippen LogP contribution in [0, 0.1) is 5.92 Å². The molecule has 120 valence electrons. The number of carbonyl (C=O) groups excluding carboxylic acids is 1. The van der Waals surface area contributed by atoms with E-state index >= 15 is 0 Å². The zero-order chi connectivity index (χ0) is 16.1. The predicted molar refractivity (Wildman–Crippen MR) is 91.5 cm³/mol. The van der Waals surface area contributed by atoms with Crippen molar-refractivity contribution in [3.8, 4) is 0 Å². The number of amides is 1. The quantitative estimate of drug-likeness (QED) is 0.794. The number of aryl methyl sites for hydroxylation is 1. The van der Waals surface area contributed by atoms with Gasteiger partial charge in [0.25, 0.3) is 0 Å². The fourth-order valence-corrected chi connectivity index (χ4v) is 2.93. The van der Waals surface area contributed by atoms with E-state index in [1.165, 1.54) is 5.56 Å². The molecule has 0 aromatic heterocycles. The zero-order valence-electron chi connectivity index (χ0n) is 13.4. The molecule has 2 unspecified atom stereocenters. The molecular formula is C19H23N3O. The first kappa shape index (κ1) is 15.7. The summed E-state index contributed by atoms with van der Waals surface area (Å²) in [4.78, 5) is 12.5. The lowest BCUT2D eigenvalue weighted by molar-refractivity contribution is -0.125. The zero-order valence-corrected chi connectivity index (χ0v) is 13.4. The molecule has 0 bridgehead atoms. The van der Waals surface area contributed by atoms with E-state index in [0.717, 1.165) is 17.5 Å². The van der Waals surface area contributed by atoms with E-state index in [1.807, 2.05) is 30.3 Å². The van der Waals surface area contributed by atoms with Crippen LogP contribution >= 0.6 is 0 Å². The third-order valence-electron chi connectivity index (χ3n) is 4.38. The van der Waals surface area contributed by atoms with Gasteiger partial charge in [0, 0.05) is 13.1 Å². The lowest BCUT2D eigenvalue weighted by Gasteiger charge is -2.19. The lowest BCUT2D eigenvalue weighted by Crippen LogP contribution is -2.34. The first-order chi connectivity index (χ1) is 11.3. The molecule has 4 heteroatoms. The molecule has 0 aliphatic carbocycles. The van der Waals surface area contributed by atoms with Gasteiger partial charge >= 0.3 is 0 Å². The molecule has 1 saturated heterocycles. The minimum absolute atomic E-state index is 0.0108. The standard InChI is InChI=1S/C19H23N3O/c1-2-14-8-10-16(11-9-14)18-17(13-21-22-18)19(23)20-12-15-6-4-3-5-7-15/h3-11,17-18,21-22H,2,12-13H2,1H3,(H,20,23). The Morgan fingerprint density at radius 3 is 2.52 bits per heavy atom. The number of nitrogens with one attached hydrogen (secondary N) is 3. The van der Waals surface area contributed by atoms with Crippen LogP contribution in [0.1, 0.15) is 29.7 Å². The molecule has 1 heterocycles. The second kappa shape index (κ2) is 7.40. The number of benzene rings is 2. The highest BCUT2D eigenvalue weighted by atomic mass is 16.2. The topological polar surface area (TPSA) is 53.2 Å². The smallest absolute Gasteiger partial charge is 0.226 e. The molecule has 0 saturated carbocycles. The molecule has 0 spiro atoms. The summed E-state index contributed by atoms with van der Waals surface area (Å²) < 4.78 is 0. The maximum atomic E-state index is 12.5. The van der Waals surface area contributed by atoms with Crippen molar-refractivity contribution in [2.24, 2.45) is 5.92 Å². The minimum atomic E-state index is -0.105. The highest BCUT2D eigenvalue weighted by Gasteiger charge is 2.33. The average molecular weight is 309 g/mol. The number of hydrogen-bond acceptors (Lipinski definition) is 3. The Morgan fingerprint density at radius 2 is 1.83 bits per heavy atom. The van der Waals surface area contributed by atoms with Crippen molar-refractivity contribution in [2.75, 3.05) is 6.54 Å². The fraction of sp³-hybridized carbons (Fsp3) is 0.316. The lowest BCUT2D eigenvalue weighted by atomic mass is 9.93. The Balaban J connectivity index is 1.64. The van der Waals surface area contributed by atoms with Gasteiger partial charge in [0.15, 0.2) is 0 Å². The van der Waals surface area contributed by atoms with Crippen LogP contribution in [0.15, 0.2) is 54.6 Å². The van der Waals surface area contributed by atoms with Crippen molar-refractivity contribution in [1.29, 1.82) is 0 Å². The molecule has 1 aliphatic heterocycles. The predicted octanol–water partition coefficient (Wildman–Crippen LogP) is 2.33. The minimum Gasteiger partial charge on any atom is -0.352 e. The van der Waals surface area contributed by atoms with Crippen LogP contribution in [0.2, 0.25) is 0 Å². The molecular weight excluding hydrogens is 286 g/mol. The maximum Gasteiger partial charge on any atom is 0.226 e. The summed E-state index contributed by atoms with van der Waals surface area (Å²) in [5.41, 5.74) is 9.92. The Kier molecular flexibility index (Phi) is 5.05. The van der Waals surface area contributed by atoms with Crippen LogP contribution < -0.4 is 16.2 Å². The molecule has 1 aliphatic rings. The summed E-state index contributed by atoms with van der Waals surface area (Å²) >= 11 is 0. The van der Waals surface area contributed by atoms with Crippen molar-refractivity contribution >= 4 is 5.91 Å². The summed E-state index contributed by atoms with van der Waals surface area (Å²) in [5.74, 6) is -0.0258. The van der Waals surface area contributed by atoms with Gasteiger partial charge in [0.2, 0.25) is 5.91 Å². The fourth-order valence-electron chi connectivity index (χ4n) is 2.93. The van der Waals surface area contributed by atoms with Gasteiger partial charge in [-0.2, -0.15) is 0 Å². The van der Waals surface area contributed by atoms with Crippen molar-refractivity contribution in [2.45, 2.75) is 25.9 Å². The molecule has 4 nitrogen and oxygen atoms in total. The van der Waals surface area contributed by atoms with E-state index in [0.29, 0.717) is 13.1 Å². The van der Waals surface area contributed by atoms with Gasteiger partial charge < -0.3 is 5.32 Å². The Hall–Kier alpha value is -2.17. The van der Waals surface area contributed by atoms with Crippen LogP contribution in [-0.2, 0) is 17.8 Å². The first-order valence-corrected chi connectivity index (χ1v) is 8.17.